The zero-order valence-electron chi connectivity index (χ0n) is 12.0. The average molecular weight is 312 g/mol. The summed E-state index contributed by atoms with van der Waals surface area (Å²) in [5, 5.41) is 12.7. The number of piperazine rings is 1. The molecule has 1 saturated heterocycles. The fraction of sp³-hybridized carbons (Fsp3) is 0.429. The van der Waals surface area contributed by atoms with Crippen molar-refractivity contribution in [2.45, 2.75) is 6.04 Å². The molecule has 21 heavy (non-hydrogen) atoms. The maximum absolute atomic E-state index is 12.6. The Hall–Kier alpha value is -1.79. The largest absolute Gasteiger partial charge is 0.506 e. The molecule has 0 radical (unpaired) electrons. The van der Waals surface area contributed by atoms with Crippen molar-refractivity contribution in [2.75, 3.05) is 33.7 Å². The van der Waals surface area contributed by atoms with Crippen LogP contribution in [0.2, 0.25) is 5.02 Å². The number of benzene rings is 1. The standard InChI is InChI=1S/C14H18ClN3O3/c1-17(2)14(21)11-8-16-5-6-18(11)13(20)9-3-4-12(19)10(15)7-9/h3-4,7,11,16,19H,5-6,8H2,1-2H3. The maximum atomic E-state index is 12.6. The lowest BCUT2D eigenvalue weighted by molar-refractivity contribution is -0.134. The van der Waals surface area contributed by atoms with Crippen molar-refractivity contribution in [3.63, 3.8) is 0 Å². The van der Waals surface area contributed by atoms with E-state index in [2.05, 4.69) is 5.32 Å². The first-order valence-electron chi connectivity index (χ1n) is 6.63. The summed E-state index contributed by atoms with van der Waals surface area (Å²) in [4.78, 5) is 27.8. The number of amides is 2. The minimum atomic E-state index is -0.533. The summed E-state index contributed by atoms with van der Waals surface area (Å²) in [6.07, 6.45) is 0. The third-order valence-corrected chi connectivity index (χ3v) is 3.73. The number of phenolic OH excluding ortho intramolecular Hbond substituents is 1. The monoisotopic (exact) mass is 311 g/mol. The molecule has 1 unspecified atom stereocenters. The highest BCUT2D eigenvalue weighted by Gasteiger charge is 2.33. The zero-order valence-corrected chi connectivity index (χ0v) is 12.7. The Morgan fingerprint density at radius 3 is 2.76 bits per heavy atom. The van der Waals surface area contributed by atoms with Crippen LogP contribution in [0.4, 0.5) is 0 Å². The molecule has 2 amide bonds. The molecule has 1 aliphatic heterocycles. The number of halogens is 1. The Morgan fingerprint density at radius 1 is 1.43 bits per heavy atom. The van der Waals surface area contributed by atoms with Crippen LogP contribution in [0.25, 0.3) is 0 Å². The van der Waals surface area contributed by atoms with Crippen LogP contribution >= 0.6 is 11.6 Å². The summed E-state index contributed by atoms with van der Waals surface area (Å²) >= 11 is 5.84. The van der Waals surface area contributed by atoms with E-state index in [1.54, 1.807) is 19.0 Å². The van der Waals surface area contributed by atoms with Gasteiger partial charge in [-0.1, -0.05) is 11.6 Å². The minimum absolute atomic E-state index is 0.0746. The Bertz CT molecular complexity index is 562. The summed E-state index contributed by atoms with van der Waals surface area (Å²) in [6.45, 7) is 1.50. The summed E-state index contributed by atoms with van der Waals surface area (Å²) in [6, 6.07) is 3.76. The summed E-state index contributed by atoms with van der Waals surface area (Å²) in [5.41, 5.74) is 0.358. The van der Waals surface area contributed by atoms with Gasteiger partial charge in [0.05, 0.1) is 5.02 Å². The van der Waals surface area contributed by atoms with Crippen LogP contribution < -0.4 is 5.32 Å². The predicted molar refractivity (Wildman–Crippen MR) is 79.5 cm³/mol. The zero-order chi connectivity index (χ0) is 15.6. The normalized spacial score (nSPS) is 18.4. The highest BCUT2D eigenvalue weighted by atomic mass is 35.5. The summed E-state index contributed by atoms with van der Waals surface area (Å²) < 4.78 is 0. The molecule has 1 aromatic rings. The fourth-order valence-corrected chi connectivity index (χ4v) is 2.45. The van der Waals surface area contributed by atoms with Crippen molar-refractivity contribution in [3.8, 4) is 5.75 Å². The molecule has 1 atom stereocenters. The van der Waals surface area contributed by atoms with Crippen LogP contribution in [0, 0.1) is 0 Å². The van der Waals surface area contributed by atoms with E-state index in [1.807, 2.05) is 0 Å². The summed E-state index contributed by atoms with van der Waals surface area (Å²) in [5.74, 6) is -0.464. The van der Waals surface area contributed by atoms with E-state index in [-0.39, 0.29) is 22.6 Å². The lowest BCUT2D eigenvalue weighted by atomic mass is 10.1. The second kappa shape index (κ2) is 6.32. The SMILES string of the molecule is CN(C)C(=O)C1CNCCN1C(=O)c1ccc(O)c(Cl)c1. The predicted octanol–water partition coefficient (Wildman–Crippen LogP) is 0.548. The number of hydrogen-bond donors (Lipinski definition) is 2. The van der Waals surface area contributed by atoms with E-state index in [1.165, 1.54) is 23.1 Å². The Kier molecular flexibility index (Phi) is 4.69. The number of hydrogen-bond acceptors (Lipinski definition) is 4. The highest BCUT2D eigenvalue weighted by Crippen LogP contribution is 2.25. The fourth-order valence-electron chi connectivity index (χ4n) is 2.27. The molecule has 0 aliphatic carbocycles. The average Bonchev–Trinajstić information content (AvgIpc) is 2.48. The number of carbonyl (C=O) groups excluding carboxylic acids is 2. The van der Waals surface area contributed by atoms with Gasteiger partial charge in [0, 0.05) is 39.3 Å². The molecular formula is C14H18ClN3O3. The first kappa shape index (κ1) is 15.6. The second-order valence-corrected chi connectivity index (χ2v) is 5.52. The number of nitrogens with zero attached hydrogens (tertiary/aromatic N) is 2. The highest BCUT2D eigenvalue weighted by molar-refractivity contribution is 6.32. The van der Waals surface area contributed by atoms with E-state index in [4.69, 9.17) is 11.6 Å². The molecule has 114 valence electrons. The van der Waals surface area contributed by atoms with Gasteiger partial charge in [-0.15, -0.1) is 0 Å². The molecular weight excluding hydrogens is 294 g/mol. The smallest absolute Gasteiger partial charge is 0.254 e. The number of nitrogens with one attached hydrogen (secondary N) is 1. The van der Waals surface area contributed by atoms with Gasteiger partial charge < -0.3 is 20.2 Å². The number of phenols is 1. The van der Waals surface area contributed by atoms with Crippen molar-refractivity contribution in [3.05, 3.63) is 28.8 Å². The topological polar surface area (TPSA) is 72.9 Å². The van der Waals surface area contributed by atoms with Gasteiger partial charge in [-0.05, 0) is 18.2 Å². The molecule has 2 rings (SSSR count). The quantitative estimate of drug-likeness (QED) is 0.836. The van der Waals surface area contributed by atoms with Crippen LogP contribution in [0.5, 0.6) is 5.75 Å². The molecule has 1 aromatic carbocycles. The third kappa shape index (κ3) is 3.28. The molecule has 0 bridgehead atoms. The van der Waals surface area contributed by atoms with E-state index in [0.29, 0.717) is 25.2 Å². The lowest BCUT2D eigenvalue weighted by Gasteiger charge is -2.36. The number of rotatable bonds is 2. The first-order chi connectivity index (χ1) is 9.91. The molecule has 1 aliphatic rings. The van der Waals surface area contributed by atoms with Crippen LogP contribution in [0.3, 0.4) is 0 Å². The summed E-state index contributed by atoms with van der Waals surface area (Å²) in [7, 11) is 3.33. The number of aromatic hydroxyl groups is 1. The Balaban J connectivity index is 2.26. The van der Waals surface area contributed by atoms with Crippen LogP contribution in [-0.2, 0) is 4.79 Å². The van der Waals surface area contributed by atoms with E-state index in [9.17, 15) is 14.7 Å². The molecule has 0 spiro atoms. The van der Waals surface area contributed by atoms with Gasteiger partial charge in [-0.2, -0.15) is 0 Å². The van der Waals surface area contributed by atoms with Crippen LogP contribution in [0.15, 0.2) is 18.2 Å². The van der Waals surface area contributed by atoms with Gasteiger partial charge in [0.2, 0.25) is 5.91 Å². The lowest BCUT2D eigenvalue weighted by Crippen LogP contribution is -2.59. The van der Waals surface area contributed by atoms with E-state index in [0.717, 1.165) is 0 Å². The van der Waals surface area contributed by atoms with Gasteiger partial charge in [0.25, 0.3) is 5.91 Å². The second-order valence-electron chi connectivity index (χ2n) is 5.12. The maximum Gasteiger partial charge on any atom is 0.254 e. The molecule has 6 nitrogen and oxygen atoms in total. The number of likely N-dealkylation sites (N-methyl/N-ethyl adjacent to an activating group) is 1. The molecule has 0 saturated carbocycles. The molecule has 0 aromatic heterocycles. The molecule has 1 heterocycles. The molecule has 1 fully saturated rings. The van der Waals surface area contributed by atoms with Gasteiger partial charge in [0.15, 0.2) is 0 Å². The van der Waals surface area contributed by atoms with E-state index < -0.39 is 6.04 Å². The van der Waals surface area contributed by atoms with Crippen molar-refractivity contribution in [2.24, 2.45) is 0 Å². The van der Waals surface area contributed by atoms with Crippen molar-refractivity contribution in [1.29, 1.82) is 0 Å². The van der Waals surface area contributed by atoms with Crippen molar-refractivity contribution < 1.29 is 14.7 Å². The molecule has 7 heteroatoms. The number of carbonyl (C=O) groups is 2. The van der Waals surface area contributed by atoms with Gasteiger partial charge >= 0.3 is 0 Å². The van der Waals surface area contributed by atoms with E-state index >= 15 is 0 Å². The Labute approximate surface area is 128 Å². The van der Waals surface area contributed by atoms with Crippen LogP contribution in [-0.4, -0.2) is 66.5 Å². The molecule has 2 N–H and O–H groups in total. The van der Waals surface area contributed by atoms with Crippen LogP contribution in [0.1, 0.15) is 10.4 Å². The van der Waals surface area contributed by atoms with Gasteiger partial charge in [0.1, 0.15) is 11.8 Å². The third-order valence-electron chi connectivity index (χ3n) is 3.42. The van der Waals surface area contributed by atoms with Crippen molar-refractivity contribution >= 4 is 23.4 Å². The first-order valence-corrected chi connectivity index (χ1v) is 7.01. The van der Waals surface area contributed by atoms with Crippen molar-refractivity contribution in [1.82, 2.24) is 15.1 Å². The van der Waals surface area contributed by atoms with Gasteiger partial charge in [-0.3, -0.25) is 9.59 Å². The minimum Gasteiger partial charge on any atom is -0.506 e. The van der Waals surface area contributed by atoms with Gasteiger partial charge in [-0.25, -0.2) is 0 Å². The Morgan fingerprint density at radius 2 is 2.14 bits per heavy atom.